The molecule has 2 rings (SSSR count). The van der Waals surface area contributed by atoms with Crippen LogP contribution in [0.2, 0.25) is 0 Å². The SMILES string of the molecule is CC[N+](CC)(CC(=O)Nc1cccc(N)c1)Cc1ccccc1. The predicted molar refractivity (Wildman–Crippen MR) is 95.8 cm³/mol. The Balaban J connectivity index is 2.07. The zero-order chi connectivity index (χ0) is 16.7. The molecule has 2 aromatic carbocycles. The van der Waals surface area contributed by atoms with Gasteiger partial charge in [0.25, 0.3) is 5.91 Å². The molecule has 0 aliphatic rings. The molecule has 0 heterocycles. The Hall–Kier alpha value is -2.33. The number of nitrogens with one attached hydrogen (secondary N) is 1. The lowest BCUT2D eigenvalue weighted by Gasteiger charge is -2.36. The number of carbonyl (C=O) groups is 1. The minimum Gasteiger partial charge on any atom is -0.399 e. The van der Waals surface area contributed by atoms with Crippen LogP contribution in [0.1, 0.15) is 19.4 Å². The van der Waals surface area contributed by atoms with Gasteiger partial charge >= 0.3 is 0 Å². The van der Waals surface area contributed by atoms with Gasteiger partial charge in [0.05, 0.1) is 13.1 Å². The first-order valence-corrected chi connectivity index (χ1v) is 8.11. The van der Waals surface area contributed by atoms with Gasteiger partial charge < -0.3 is 15.5 Å². The molecule has 0 atom stereocenters. The number of carbonyl (C=O) groups excluding carboxylic acids is 1. The van der Waals surface area contributed by atoms with Crippen LogP contribution in [0.5, 0.6) is 0 Å². The molecule has 0 saturated carbocycles. The number of rotatable bonds is 7. The maximum atomic E-state index is 12.5. The van der Waals surface area contributed by atoms with Gasteiger partial charge in [0.15, 0.2) is 6.54 Å². The predicted octanol–water partition coefficient (Wildman–Crippen LogP) is 3.26. The van der Waals surface area contributed by atoms with Gasteiger partial charge in [-0.2, -0.15) is 0 Å². The fourth-order valence-corrected chi connectivity index (χ4v) is 2.82. The van der Waals surface area contributed by atoms with Gasteiger partial charge in [-0.05, 0) is 32.0 Å². The van der Waals surface area contributed by atoms with Crippen molar-refractivity contribution in [3.8, 4) is 0 Å². The van der Waals surface area contributed by atoms with Gasteiger partial charge in [0, 0.05) is 16.9 Å². The average Bonchev–Trinajstić information content (AvgIpc) is 2.55. The number of hydrogen-bond donors (Lipinski definition) is 2. The third kappa shape index (κ3) is 4.83. The second-order valence-electron chi connectivity index (χ2n) is 5.95. The molecule has 4 nitrogen and oxygen atoms in total. The lowest BCUT2D eigenvalue weighted by molar-refractivity contribution is -0.930. The molecule has 0 aliphatic heterocycles. The van der Waals surface area contributed by atoms with Crippen LogP contribution in [0.15, 0.2) is 54.6 Å². The lowest BCUT2D eigenvalue weighted by atomic mass is 10.1. The first-order chi connectivity index (χ1) is 11.1. The Morgan fingerprint density at radius 2 is 1.74 bits per heavy atom. The largest absolute Gasteiger partial charge is 0.399 e. The highest BCUT2D eigenvalue weighted by Crippen LogP contribution is 2.16. The minimum absolute atomic E-state index is 0.0234. The standard InChI is InChI=1S/C19H25N3O/c1-3-22(4-2,14-16-9-6-5-7-10-16)15-19(23)21-18-12-8-11-17(20)13-18/h5-13H,3-4,14-15,20H2,1-2H3/p+1. The first kappa shape index (κ1) is 17.0. The van der Waals surface area contributed by atoms with Gasteiger partial charge in [-0.3, -0.25) is 4.79 Å². The molecule has 23 heavy (non-hydrogen) atoms. The second kappa shape index (κ2) is 7.79. The summed E-state index contributed by atoms with van der Waals surface area (Å²) in [5.41, 5.74) is 8.42. The number of hydrogen-bond acceptors (Lipinski definition) is 2. The first-order valence-electron chi connectivity index (χ1n) is 8.11. The number of likely N-dealkylation sites (N-methyl/N-ethyl adjacent to an activating group) is 1. The molecule has 0 spiro atoms. The average molecular weight is 312 g/mol. The van der Waals surface area contributed by atoms with Crippen molar-refractivity contribution in [2.45, 2.75) is 20.4 Å². The summed E-state index contributed by atoms with van der Waals surface area (Å²) in [4.78, 5) is 12.5. The molecule has 0 unspecified atom stereocenters. The number of quaternary nitrogens is 1. The van der Waals surface area contributed by atoms with E-state index in [0.717, 1.165) is 29.8 Å². The number of nitrogens with zero attached hydrogens (tertiary/aromatic N) is 1. The highest BCUT2D eigenvalue weighted by atomic mass is 16.2. The van der Waals surface area contributed by atoms with Crippen molar-refractivity contribution in [1.82, 2.24) is 0 Å². The van der Waals surface area contributed by atoms with Crippen molar-refractivity contribution in [3.05, 3.63) is 60.2 Å². The summed E-state index contributed by atoms with van der Waals surface area (Å²) in [6.45, 7) is 7.42. The summed E-state index contributed by atoms with van der Waals surface area (Å²) in [5.74, 6) is 0.0234. The highest BCUT2D eigenvalue weighted by molar-refractivity contribution is 5.92. The Labute approximate surface area is 138 Å². The fraction of sp³-hybridized carbons (Fsp3) is 0.316. The second-order valence-corrected chi connectivity index (χ2v) is 5.95. The molecule has 1 amide bonds. The van der Waals surface area contributed by atoms with Crippen LogP contribution >= 0.6 is 0 Å². The molecule has 0 aliphatic carbocycles. The summed E-state index contributed by atoms with van der Waals surface area (Å²) < 4.78 is 0.734. The summed E-state index contributed by atoms with van der Waals surface area (Å²) in [6, 6.07) is 17.6. The van der Waals surface area contributed by atoms with Crippen LogP contribution in [0.3, 0.4) is 0 Å². The van der Waals surface area contributed by atoms with Gasteiger partial charge in [0.1, 0.15) is 6.54 Å². The van der Waals surface area contributed by atoms with Gasteiger partial charge in [0.2, 0.25) is 0 Å². The molecule has 2 aromatic rings. The van der Waals surface area contributed by atoms with E-state index in [0.29, 0.717) is 12.2 Å². The Bertz CT molecular complexity index is 636. The number of benzene rings is 2. The lowest BCUT2D eigenvalue weighted by Crippen LogP contribution is -2.51. The molecule has 0 saturated heterocycles. The van der Waals surface area contributed by atoms with E-state index in [4.69, 9.17) is 5.73 Å². The van der Waals surface area contributed by atoms with Crippen molar-refractivity contribution in [3.63, 3.8) is 0 Å². The van der Waals surface area contributed by atoms with Crippen LogP contribution < -0.4 is 11.1 Å². The van der Waals surface area contributed by atoms with Crippen LogP contribution in [0.4, 0.5) is 11.4 Å². The third-order valence-electron chi connectivity index (χ3n) is 4.35. The van der Waals surface area contributed by atoms with Crippen molar-refractivity contribution in [1.29, 1.82) is 0 Å². The van der Waals surface area contributed by atoms with E-state index in [-0.39, 0.29) is 5.91 Å². The monoisotopic (exact) mass is 312 g/mol. The number of amides is 1. The fourth-order valence-electron chi connectivity index (χ4n) is 2.82. The van der Waals surface area contributed by atoms with E-state index in [9.17, 15) is 4.79 Å². The number of nitrogens with two attached hydrogens (primary N) is 1. The van der Waals surface area contributed by atoms with Crippen molar-refractivity contribution in [2.24, 2.45) is 0 Å². The topological polar surface area (TPSA) is 55.1 Å². The smallest absolute Gasteiger partial charge is 0.279 e. The summed E-state index contributed by atoms with van der Waals surface area (Å²) in [5, 5.41) is 2.96. The molecule has 3 N–H and O–H groups in total. The van der Waals surface area contributed by atoms with E-state index in [1.54, 1.807) is 6.07 Å². The van der Waals surface area contributed by atoms with Crippen molar-refractivity contribution >= 4 is 17.3 Å². The molecule has 122 valence electrons. The van der Waals surface area contributed by atoms with Crippen molar-refractivity contribution in [2.75, 3.05) is 30.7 Å². The molecule has 0 bridgehead atoms. The Morgan fingerprint density at radius 1 is 1.04 bits per heavy atom. The maximum absolute atomic E-state index is 12.5. The normalized spacial score (nSPS) is 11.2. The molecular weight excluding hydrogens is 286 g/mol. The molecule has 0 fully saturated rings. The molecular formula is C19H26N3O+. The van der Waals surface area contributed by atoms with E-state index in [1.165, 1.54) is 5.56 Å². The molecule has 0 aromatic heterocycles. The number of anilines is 2. The summed E-state index contributed by atoms with van der Waals surface area (Å²) in [6.07, 6.45) is 0. The molecule has 4 heteroatoms. The van der Waals surface area contributed by atoms with Crippen molar-refractivity contribution < 1.29 is 9.28 Å². The minimum atomic E-state index is 0.0234. The van der Waals surface area contributed by atoms with Crippen LogP contribution in [0.25, 0.3) is 0 Å². The molecule has 0 radical (unpaired) electrons. The maximum Gasteiger partial charge on any atom is 0.279 e. The van der Waals surface area contributed by atoms with E-state index >= 15 is 0 Å². The summed E-state index contributed by atoms with van der Waals surface area (Å²) >= 11 is 0. The zero-order valence-corrected chi connectivity index (χ0v) is 14.0. The van der Waals surface area contributed by atoms with Gasteiger partial charge in [-0.15, -0.1) is 0 Å². The Kier molecular flexibility index (Phi) is 5.77. The Morgan fingerprint density at radius 3 is 2.35 bits per heavy atom. The summed E-state index contributed by atoms with van der Waals surface area (Å²) in [7, 11) is 0. The van der Waals surface area contributed by atoms with Gasteiger partial charge in [-0.25, -0.2) is 0 Å². The third-order valence-corrected chi connectivity index (χ3v) is 4.35. The van der Waals surface area contributed by atoms with Gasteiger partial charge in [-0.1, -0.05) is 36.4 Å². The quantitative estimate of drug-likeness (QED) is 0.609. The van der Waals surface area contributed by atoms with E-state index < -0.39 is 0 Å². The highest BCUT2D eigenvalue weighted by Gasteiger charge is 2.27. The van der Waals surface area contributed by atoms with Crippen LogP contribution in [0, 0.1) is 0 Å². The zero-order valence-electron chi connectivity index (χ0n) is 14.0. The van der Waals surface area contributed by atoms with Crippen LogP contribution in [-0.2, 0) is 11.3 Å². The van der Waals surface area contributed by atoms with E-state index in [1.807, 2.05) is 36.4 Å². The van der Waals surface area contributed by atoms with E-state index in [2.05, 4.69) is 31.3 Å². The van der Waals surface area contributed by atoms with Crippen LogP contribution in [-0.4, -0.2) is 30.0 Å². The number of nitrogen functional groups attached to an aromatic ring is 1.